The standard InChI is InChI=1S/C28H32N2O5/c1-2-28(26(32)33)16-30(17-28)25(31)19-13-7-8-18(19)14-29-27(34)35-15-24-22-11-5-3-9-20(22)21-10-4-6-12-23(21)24/h3-6,9-12,18-19,24H,2,7-8,13-17H2,1H3,(H,29,34)(H,32,33). The predicted octanol–water partition coefficient (Wildman–Crippen LogP) is 4.26. The van der Waals surface area contributed by atoms with E-state index in [-0.39, 0.29) is 43.4 Å². The maximum absolute atomic E-state index is 13.0. The van der Waals surface area contributed by atoms with Gasteiger partial charge in [-0.05, 0) is 47.4 Å². The summed E-state index contributed by atoms with van der Waals surface area (Å²) >= 11 is 0. The zero-order valence-corrected chi connectivity index (χ0v) is 20.0. The predicted molar refractivity (Wildman–Crippen MR) is 131 cm³/mol. The molecule has 1 saturated heterocycles. The summed E-state index contributed by atoms with van der Waals surface area (Å²) in [4.78, 5) is 38.8. The summed E-state index contributed by atoms with van der Waals surface area (Å²) in [6, 6.07) is 16.4. The number of carbonyl (C=O) groups excluding carboxylic acids is 2. The Kier molecular flexibility index (Phi) is 6.26. The van der Waals surface area contributed by atoms with Gasteiger partial charge in [0, 0.05) is 31.5 Å². The lowest BCUT2D eigenvalue weighted by Crippen LogP contribution is -2.63. The molecule has 2 aromatic carbocycles. The van der Waals surface area contributed by atoms with Crippen LogP contribution in [0.4, 0.5) is 4.79 Å². The minimum atomic E-state index is -0.830. The Morgan fingerprint density at radius 3 is 2.26 bits per heavy atom. The molecule has 7 heteroatoms. The Hall–Kier alpha value is -3.35. The van der Waals surface area contributed by atoms with Crippen molar-refractivity contribution in [1.29, 1.82) is 0 Å². The van der Waals surface area contributed by atoms with Crippen molar-refractivity contribution in [2.45, 2.75) is 38.5 Å². The molecule has 2 N–H and O–H groups in total. The molecule has 35 heavy (non-hydrogen) atoms. The van der Waals surface area contributed by atoms with Gasteiger partial charge in [-0.25, -0.2) is 4.79 Å². The summed E-state index contributed by atoms with van der Waals surface area (Å²) in [7, 11) is 0. The molecule has 0 bridgehead atoms. The van der Waals surface area contributed by atoms with Crippen molar-refractivity contribution in [1.82, 2.24) is 10.2 Å². The number of rotatable bonds is 7. The summed E-state index contributed by atoms with van der Waals surface area (Å²) in [5, 5.41) is 12.4. The van der Waals surface area contributed by atoms with Crippen LogP contribution in [0.2, 0.25) is 0 Å². The first-order chi connectivity index (χ1) is 16.9. The summed E-state index contributed by atoms with van der Waals surface area (Å²) in [5.74, 6) is -0.929. The Morgan fingerprint density at radius 2 is 1.66 bits per heavy atom. The fourth-order valence-corrected chi connectivity index (χ4v) is 6.05. The van der Waals surface area contributed by atoms with Gasteiger partial charge in [-0.3, -0.25) is 9.59 Å². The number of fused-ring (bicyclic) bond motifs is 3. The van der Waals surface area contributed by atoms with Crippen LogP contribution in [0.3, 0.4) is 0 Å². The molecule has 1 heterocycles. The molecule has 2 aliphatic carbocycles. The van der Waals surface area contributed by atoms with E-state index in [0.717, 1.165) is 19.3 Å². The second kappa shape index (κ2) is 9.36. The smallest absolute Gasteiger partial charge is 0.407 e. The lowest BCUT2D eigenvalue weighted by molar-refractivity contribution is -0.168. The van der Waals surface area contributed by atoms with E-state index in [9.17, 15) is 19.5 Å². The first-order valence-electron chi connectivity index (χ1n) is 12.5. The molecule has 0 spiro atoms. The molecule has 3 aliphatic rings. The molecule has 2 fully saturated rings. The fourth-order valence-electron chi connectivity index (χ4n) is 6.05. The average Bonchev–Trinajstić information content (AvgIpc) is 3.43. The summed E-state index contributed by atoms with van der Waals surface area (Å²) in [6.07, 6.45) is 2.62. The van der Waals surface area contributed by atoms with Gasteiger partial charge in [0.05, 0.1) is 0 Å². The molecule has 184 valence electrons. The Labute approximate surface area is 205 Å². The number of carboxylic acids is 1. The van der Waals surface area contributed by atoms with Crippen LogP contribution in [0.1, 0.15) is 49.7 Å². The van der Waals surface area contributed by atoms with Gasteiger partial charge >= 0.3 is 12.1 Å². The van der Waals surface area contributed by atoms with E-state index >= 15 is 0 Å². The summed E-state index contributed by atoms with van der Waals surface area (Å²) in [6.45, 7) is 3.06. The molecule has 1 saturated carbocycles. The van der Waals surface area contributed by atoms with Crippen molar-refractivity contribution < 1.29 is 24.2 Å². The van der Waals surface area contributed by atoms with Gasteiger partial charge in [-0.15, -0.1) is 0 Å². The van der Waals surface area contributed by atoms with E-state index in [0.29, 0.717) is 13.0 Å². The lowest BCUT2D eigenvalue weighted by atomic mass is 9.76. The maximum atomic E-state index is 13.0. The van der Waals surface area contributed by atoms with E-state index in [1.807, 2.05) is 31.2 Å². The monoisotopic (exact) mass is 476 g/mol. The molecule has 0 aromatic heterocycles. The van der Waals surface area contributed by atoms with Crippen LogP contribution in [0, 0.1) is 17.3 Å². The van der Waals surface area contributed by atoms with Crippen LogP contribution in [0.15, 0.2) is 48.5 Å². The molecular weight excluding hydrogens is 444 g/mol. The van der Waals surface area contributed by atoms with Crippen molar-refractivity contribution in [3.63, 3.8) is 0 Å². The number of benzene rings is 2. The fraction of sp³-hybridized carbons (Fsp3) is 0.464. The number of hydrogen-bond donors (Lipinski definition) is 2. The van der Waals surface area contributed by atoms with Crippen LogP contribution in [0.5, 0.6) is 0 Å². The van der Waals surface area contributed by atoms with E-state index in [1.165, 1.54) is 22.3 Å². The number of likely N-dealkylation sites (tertiary alicyclic amines) is 1. The number of amides is 2. The van der Waals surface area contributed by atoms with Crippen LogP contribution >= 0.6 is 0 Å². The maximum Gasteiger partial charge on any atom is 0.407 e. The van der Waals surface area contributed by atoms with Crippen LogP contribution < -0.4 is 5.32 Å². The summed E-state index contributed by atoms with van der Waals surface area (Å²) < 4.78 is 5.63. The van der Waals surface area contributed by atoms with Gasteiger partial charge in [-0.2, -0.15) is 0 Å². The molecule has 7 nitrogen and oxygen atoms in total. The van der Waals surface area contributed by atoms with Crippen molar-refractivity contribution >= 4 is 18.0 Å². The zero-order valence-electron chi connectivity index (χ0n) is 20.0. The Bertz CT molecular complexity index is 1090. The first-order valence-corrected chi connectivity index (χ1v) is 12.5. The second-order valence-electron chi connectivity index (χ2n) is 10.1. The number of carboxylic acid groups (broad SMARTS) is 1. The minimum absolute atomic E-state index is 0.00782. The number of carbonyl (C=O) groups is 3. The molecule has 5 rings (SSSR count). The van der Waals surface area contributed by atoms with Crippen LogP contribution in [0.25, 0.3) is 11.1 Å². The average molecular weight is 477 g/mol. The highest BCUT2D eigenvalue weighted by Crippen LogP contribution is 2.44. The molecule has 2 amide bonds. The first kappa shape index (κ1) is 23.4. The molecule has 1 aliphatic heterocycles. The topological polar surface area (TPSA) is 95.9 Å². The van der Waals surface area contributed by atoms with E-state index in [2.05, 4.69) is 29.6 Å². The van der Waals surface area contributed by atoms with E-state index in [4.69, 9.17) is 4.74 Å². The van der Waals surface area contributed by atoms with Gasteiger partial charge in [0.25, 0.3) is 0 Å². The Morgan fingerprint density at radius 1 is 1.03 bits per heavy atom. The number of nitrogens with one attached hydrogen (secondary N) is 1. The Balaban J connectivity index is 1.14. The molecule has 2 atom stereocenters. The van der Waals surface area contributed by atoms with Crippen LogP contribution in [-0.2, 0) is 14.3 Å². The highest BCUT2D eigenvalue weighted by atomic mass is 16.5. The quantitative estimate of drug-likeness (QED) is 0.622. The van der Waals surface area contributed by atoms with Gasteiger partial charge < -0.3 is 20.1 Å². The second-order valence-corrected chi connectivity index (χ2v) is 10.1. The van der Waals surface area contributed by atoms with E-state index < -0.39 is 17.5 Å². The number of alkyl carbamates (subject to hydrolysis) is 1. The molecular formula is C28H32N2O5. The van der Waals surface area contributed by atoms with Gasteiger partial charge in [0.2, 0.25) is 5.91 Å². The van der Waals surface area contributed by atoms with Gasteiger partial charge in [0.1, 0.15) is 12.0 Å². The number of ether oxygens (including phenoxy) is 1. The third-order valence-electron chi connectivity index (χ3n) is 8.26. The summed E-state index contributed by atoms with van der Waals surface area (Å²) in [5.41, 5.74) is 3.91. The van der Waals surface area contributed by atoms with Crippen LogP contribution in [-0.4, -0.2) is 54.2 Å². The largest absolute Gasteiger partial charge is 0.481 e. The van der Waals surface area contributed by atoms with Crippen molar-refractivity contribution in [2.24, 2.45) is 17.3 Å². The normalized spacial score (nSPS) is 22.1. The number of nitrogens with zero attached hydrogens (tertiary/aromatic N) is 1. The van der Waals surface area contributed by atoms with Gasteiger partial charge in [-0.1, -0.05) is 61.9 Å². The van der Waals surface area contributed by atoms with Crippen molar-refractivity contribution in [3.05, 3.63) is 59.7 Å². The SMILES string of the molecule is CCC1(C(=O)O)CN(C(=O)C2CCCC2CNC(=O)OCC2c3ccccc3-c3ccccc32)C1. The zero-order chi connectivity index (χ0) is 24.6. The number of aliphatic carboxylic acids is 1. The number of hydrogen-bond acceptors (Lipinski definition) is 4. The highest BCUT2D eigenvalue weighted by molar-refractivity contribution is 5.85. The lowest BCUT2D eigenvalue weighted by Gasteiger charge is -2.48. The van der Waals surface area contributed by atoms with Gasteiger partial charge in [0.15, 0.2) is 0 Å². The van der Waals surface area contributed by atoms with Crippen molar-refractivity contribution in [3.8, 4) is 11.1 Å². The molecule has 2 unspecified atom stereocenters. The van der Waals surface area contributed by atoms with E-state index in [1.54, 1.807) is 4.90 Å². The van der Waals surface area contributed by atoms with Crippen molar-refractivity contribution in [2.75, 3.05) is 26.2 Å². The molecule has 0 radical (unpaired) electrons. The third kappa shape index (κ3) is 4.17. The molecule has 2 aromatic rings. The minimum Gasteiger partial charge on any atom is -0.481 e. The third-order valence-corrected chi connectivity index (χ3v) is 8.26. The highest BCUT2D eigenvalue weighted by Gasteiger charge is 2.51.